The first-order chi connectivity index (χ1) is 6.31. The van der Waals surface area contributed by atoms with E-state index in [1.807, 2.05) is 20.8 Å². The molecule has 0 spiro atoms. The molecule has 1 rings (SSSR count). The number of rotatable bonds is 0. The third-order valence-corrected chi connectivity index (χ3v) is 3.93. The number of carbonyl (C=O) groups excluding carboxylic acids is 1. The zero-order chi connectivity index (χ0) is 10.9. The Kier molecular flexibility index (Phi) is 3.52. The summed E-state index contributed by atoms with van der Waals surface area (Å²) in [4.78, 5) is 13.8. The van der Waals surface area contributed by atoms with Crippen molar-refractivity contribution in [2.45, 2.75) is 44.5 Å². The van der Waals surface area contributed by atoms with E-state index in [0.29, 0.717) is 5.92 Å². The van der Waals surface area contributed by atoms with Crippen LogP contribution < -0.4 is 0 Å². The molecule has 14 heavy (non-hydrogen) atoms. The van der Waals surface area contributed by atoms with Crippen LogP contribution >= 0.6 is 0 Å². The molecule has 1 amide bonds. The van der Waals surface area contributed by atoms with Crippen molar-refractivity contribution in [3.8, 4) is 0 Å². The van der Waals surface area contributed by atoms with Gasteiger partial charge in [-0.3, -0.25) is 0 Å². The summed E-state index contributed by atoms with van der Waals surface area (Å²) in [7, 11) is 0. The Morgan fingerprint density at radius 1 is 1.50 bits per heavy atom. The Hall–Kier alpha value is -0.172. The molecule has 1 aliphatic heterocycles. The van der Waals surface area contributed by atoms with Crippen LogP contribution in [-0.4, -0.2) is 44.8 Å². The van der Waals surface area contributed by atoms with Crippen molar-refractivity contribution in [1.82, 2.24) is 4.90 Å². The van der Waals surface area contributed by atoms with Crippen molar-refractivity contribution in [3.05, 3.63) is 0 Å². The molecule has 0 bridgehead atoms. The van der Waals surface area contributed by atoms with Crippen molar-refractivity contribution >= 4 is 22.9 Å². The Morgan fingerprint density at radius 3 is 2.43 bits per heavy atom. The van der Waals surface area contributed by atoms with Gasteiger partial charge in [-0.15, -0.1) is 0 Å². The van der Waals surface area contributed by atoms with Gasteiger partial charge in [0.1, 0.15) is 0 Å². The Labute approximate surface area is 94.7 Å². The molecule has 1 heterocycles. The quantitative estimate of drug-likeness (QED) is 0.620. The second-order valence-electron chi connectivity index (χ2n) is 4.85. The monoisotopic (exact) mass is 259 g/mol. The van der Waals surface area contributed by atoms with Crippen LogP contribution in [0.1, 0.15) is 34.1 Å². The van der Waals surface area contributed by atoms with Crippen LogP contribution in [0.3, 0.4) is 0 Å². The number of ether oxygens (including phenoxy) is 1. The van der Waals surface area contributed by atoms with Gasteiger partial charge in [-0.1, -0.05) is 0 Å². The molecular weight excluding hydrogens is 241 g/mol. The summed E-state index contributed by atoms with van der Waals surface area (Å²) < 4.78 is 5.32. The number of nitrogens with zero attached hydrogens (tertiary/aromatic N) is 1. The van der Waals surface area contributed by atoms with Crippen molar-refractivity contribution < 1.29 is 9.53 Å². The summed E-state index contributed by atoms with van der Waals surface area (Å²) in [6, 6.07) is 0. The number of carbonyl (C=O) groups is 1. The number of amides is 1. The fraction of sp³-hybridized carbons (Fsp3) is 0.900. The van der Waals surface area contributed by atoms with Crippen LogP contribution in [0.25, 0.3) is 0 Å². The van der Waals surface area contributed by atoms with Crippen molar-refractivity contribution in [3.63, 3.8) is 0 Å². The Bertz CT molecular complexity index is 225. The van der Waals surface area contributed by atoms with Gasteiger partial charge in [0.25, 0.3) is 0 Å². The maximum absolute atomic E-state index is 11.7. The molecule has 2 radical (unpaired) electrons. The molecule has 1 aliphatic rings. The van der Waals surface area contributed by atoms with Gasteiger partial charge in [0.05, 0.1) is 0 Å². The second-order valence-corrected chi connectivity index (χ2v) is 5.96. The first kappa shape index (κ1) is 11.9. The molecule has 0 aromatic heterocycles. The minimum atomic E-state index is -0.393. The molecule has 1 saturated heterocycles. The summed E-state index contributed by atoms with van der Waals surface area (Å²) in [6.45, 7) is 8.65. The van der Waals surface area contributed by atoms with E-state index in [0.717, 1.165) is 13.0 Å². The van der Waals surface area contributed by atoms with Crippen molar-refractivity contribution in [2.75, 3.05) is 6.54 Å². The van der Waals surface area contributed by atoms with Crippen molar-refractivity contribution in [2.24, 2.45) is 5.92 Å². The summed E-state index contributed by atoms with van der Waals surface area (Å²) in [5.41, 5.74) is -0.393. The van der Waals surface area contributed by atoms with Gasteiger partial charge in [0.15, 0.2) is 0 Å². The third-order valence-electron chi connectivity index (χ3n) is 2.28. The summed E-state index contributed by atoms with van der Waals surface area (Å²) >= 11 is 2.56. The van der Waals surface area contributed by atoms with Crippen LogP contribution in [0.2, 0.25) is 0 Å². The van der Waals surface area contributed by atoms with Gasteiger partial charge in [-0.2, -0.15) is 0 Å². The summed E-state index contributed by atoms with van der Waals surface area (Å²) in [6.07, 6.45) is 0.881. The normalized spacial score (nSPS) is 27.9. The topological polar surface area (TPSA) is 29.5 Å². The van der Waals surface area contributed by atoms with Gasteiger partial charge in [0, 0.05) is 0 Å². The summed E-state index contributed by atoms with van der Waals surface area (Å²) in [5.74, 6) is 0.558. The average Bonchev–Trinajstić information content (AvgIpc) is 2.29. The van der Waals surface area contributed by atoms with Gasteiger partial charge in [-0.05, 0) is 0 Å². The minimum absolute atomic E-state index is 0.188. The van der Waals surface area contributed by atoms with E-state index in [4.69, 9.17) is 4.74 Å². The molecule has 0 aliphatic carbocycles. The molecule has 0 aromatic carbocycles. The van der Waals surface area contributed by atoms with E-state index in [2.05, 4.69) is 23.8 Å². The molecular formula is C10H18AsNO2. The molecule has 2 unspecified atom stereocenters. The van der Waals surface area contributed by atoms with Crippen LogP contribution in [0, 0.1) is 5.92 Å². The summed E-state index contributed by atoms with van der Waals surface area (Å²) in [5, 5.41) is 0. The first-order valence-electron chi connectivity index (χ1n) is 4.99. The SMILES string of the molecule is CC1CCN(C(=O)OC(C)(C)C)C1[As]. The van der Waals surface area contributed by atoms with E-state index < -0.39 is 5.60 Å². The molecule has 0 N–H and O–H groups in total. The van der Waals surface area contributed by atoms with Gasteiger partial charge in [-0.25, -0.2) is 0 Å². The second kappa shape index (κ2) is 4.14. The third kappa shape index (κ3) is 2.91. The first-order valence-corrected chi connectivity index (χ1v) is 6.07. The predicted molar refractivity (Wildman–Crippen MR) is 56.3 cm³/mol. The number of hydrogen-bond acceptors (Lipinski definition) is 2. The Balaban J connectivity index is 2.54. The van der Waals surface area contributed by atoms with Crippen molar-refractivity contribution in [1.29, 1.82) is 0 Å². The van der Waals surface area contributed by atoms with Crippen LogP contribution in [0.4, 0.5) is 4.79 Å². The van der Waals surface area contributed by atoms with Gasteiger partial charge >= 0.3 is 94.4 Å². The fourth-order valence-corrected chi connectivity index (χ4v) is 2.20. The van der Waals surface area contributed by atoms with Gasteiger partial charge < -0.3 is 0 Å². The van der Waals surface area contributed by atoms with Crippen LogP contribution in [0.5, 0.6) is 0 Å². The molecule has 4 heteroatoms. The van der Waals surface area contributed by atoms with Gasteiger partial charge in [0.2, 0.25) is 0 Å². The molecule has 0 aromatic rings. The van der Waals surface area contributed by atoms with E-state index in [9.17, 15) is 4.79 Å². The predicted octanol–water partition coefficient (Wildman–Crippen LogP) is 1.76. The van der Waals surface area contributed by atoms with E-state index in [1.165, 1.54) is 0 Å². The zero-order valence-electron chi connectivity index (χ0n) is 9.28. The fourth-order valence-electron chi connectivity index (χ4n) is 1.45. The Morgan fingerprint density at radius 2 is 2.07 bits per heavy atom. The maximum atomic E-state index is 11.7. The molecule has 2 atom stereocenters. The number of hydrogen-bond donors (Lipinski definition) is 0. The molecule has 3 nitrogen and oxygen atoms in total. The van der Waals surface area contributed by atoms with E-state index in [-0.39, 0.29) is 10.9 Å². The van der Waals surface area contributed by atoms with E-state index >= 15 is 0 Å². The van der Waals surface area contributed by atoms with Crippen LogP contribution in [0.15, 0.2) is 0 Å². The molecule has 80 valence electrons. The zero-order valence-corrected chi connectivity index (χ0v) is 11.2. The average molecular weight is 259 g/mol. The molecule has 0 saturated carbocycles. The molecule has 1 fully saturated rings. The number of likely N-dealkylation sites (tertiary alicyclic amines) is 1. The standard InChI is InChI=1S/C10H18AsNO2/c1-7-5-6-12(8(7)11)9(13)14-10(2,3)4/h7-8H,5-6H2,1-4H3. The van der Waals surface area contributed by atoms with E-state index in [1.54, 1.807) is 4.90 Å². The van der Waals surface area contributed by atoms with Crippen LogP contribution in [-0.2, 0) is 4.74 Å².